The van der Waals surface area contributed by atoms with Crippen molar-refractivity contribution in [3.63, 3.8) is 0 Å². The van der Waals surface area contributed by atoms with Gasteiger partial charge in [-0.1, -0.05) is 0 Å². The summed E-state index contributed by atoms with van der Waals surface area (Å²) in [4.78, 5) is 18.5. The van der Waals surface area contributed by atoms with Gasteiger partial charge >= 0.3 is 5.69 Å². The molecule has 1 aromatic rings. The Morgan fingerprint density at radius 1 is 1.56 bits per heavy atom. The molecule has 0 bridgehead atoms. The van der Waals surface area contributed by atoms with Crippen molar-refractivity contribution in [2.45, 2.75) is 19.4 Å². The Kier molecular flexibility index (Phi) is 3.82. The number of hydrazine groups is 1. The lowest BCUT2D eigenvalue weighted by atomic mass is 10.2. The van der Waals surface area contributed by atoms with Crippen LogP contribution in [-0.4, -0.2) is 32.4 Å². The van der Waals surface area contributed by atoms with E-state index in [0.717, 1.165) is 17.9 Å². The number of aryl methyl sites for hydroxylation is 1. The molecular formula is C9H14N6O2S. The molecule has 1 fully saturated rings. The van der Waals surface area contributed by atoms with E-state index in [2.05, 4.69) is 20.7 Å². The number of rotatable bonds is 4. The maximum Gasteiger partial charge on any atom is 0.332 e. The van der Waals surface area contributed by atoms with Gasteiger partial charge in [0.05, 0.1) is 4.92 Å². The molecule has 2 rings (SSSR count). The second kappa shape index (κ2) is 5.36. The SMILES string of the molecule is Cc1nc(NN)nc(NC2CCSC2)c1[N+](=O)[O-]. The zero-order chi connectivity index (χ0) is 13.1. The highest BCUT2D eigenvalue weighted by Gasteiger charge is 2.25. The lowest BCUT2D eigenvalue weighted by molar-refractivity contribution is -0.385. The van der Waals surface area contributed by atoms with Crippen molar-refractivity contribution in [2.24, 2.45) is 5.84 Å². The van der Waals surface area contributed by atoms with Gasteiger partial charge in [0, 0.05) is 11.8 Å². The molecule has 1 atom stereocenters. The third kappa shape index (κ3) is 2.62. The summed E-state index contributed by atoms with van der Waals surface area (Å²) in [5.74, 6) is 7.62. The van der Waals surface area contributed by atoms with Gasteiger partial charge in [-0.3, -0.25) is 15.5 Å². The highest BCUT2D eigenvalue weighted by Crippen LogP contribution is 2.29. The number of nitrogens with one attached hydrogen (secondary N) is 2. The lowest BCUT2D eigenvalue weighted by Crippen LogP contribution is -2.21. The largest absolute Gasteiger partial charge is 0.361 e. The summed E-state index contributed by atoms with van der Waals surface area (Å²) in [7, 11) is 0. The van der Waals surface area contributed by atoms with E-state index in [-0.39, 0.29) is 29.2 Å². The third-order valence-electron chi connectivity index (χ3n) is 2.64. The van der Waals surface area contributed by atoms with Crippen LogP contribution in [-0.2, 0) is 0 Å². The fourth-order valence-electron chi connectivity index (χ4n) is 1.79. The van der Waals surface area contributed by atoms with Gasteiger partial charge in [0.1, 0.15) is 5.69 Å². The van der Waals surface area contributed by atoms with Crippen LogP contribution < -0.4 is 16.6 Å². The maximum absolute atomic E-state index is 11.0. The summed E-state index contributed by atoms with van der Waals surface area (Å²) in [6, 6.07) is 0.202. The van der Waals surface area contributed by atoms with E-state index in [9.17, 15) is 10.1 Å². The molecule has 1 saturated heterocycles. The van der Waals surface area contributed by atoms with Crippen LogP contribution in [0.5, 0.6) is 0 Å². The Bertz CT molecular complexity index is 463. The van der Waals surface area contributed by atoms with E-state index in [1.54, 1.807) is 6.92 Å². The molecule has 2 heterocycles. The molecule has 18 heavy (non-hydrogen) atoms. The number of hydrogen-bond donors (Lipinski definition) is 3. The highest BCUT2D eigenvalue weighted by molar-refractivity contribution is 7.99. The van der Waals surface area contributed by atoms with Crippen LogP contribution in [0.15, 0.2) is 0 Å². The smallest absolute Gasteiger partial charge is 0.332 e. The van der Waals surface area contributed by atoms with Crippen LogP contribution in [0.2, 0.25) is 0 Å². The molecule has 0 radical (unpaired) electrons. The van der Waals surface area contributed by atoms with Crippen molar-refractivity contribution < 1.29 is 4.92 Å². The van der Waals surface area contributed by atoms with Crippen LogP contribution in [0.4, 0.5) is 17.5 Å². The topological polar surface area (TPSA) is 119 Å². The second-order valence-corrected chi connectivity index (χ2v) is 5.09. The van der Waals surface area contributed by atoms with Crippen LogP contribution in [0, 0.1) is 17.0 Å². The van der Waals surface area contributed by atoms with E-state index in [1.807, 2.05) is 11.8 Å². The highest BCUT2D eigenvalue weighted by atomic mass is 32.2. The summed E-state index contributed by atoms with van der Waals surface area (Å²) >= 11 is 1.81. The van der Waals surface area contributed by atoms with Crippen LogP contribution in [0.1, 0.15) is 12.1 Å². The first-order valence-corrected chi connectivity index (χ1v) is 6.61. The minimum absolute atomic E-state index is 0.0918. The summed E-state index contributed by atoms with van der Waals surface area (Å²) < 4.78 is 0. The molecule has 8 nitrogen and oxygen atoms in total. The van der Waals surface area contributed by atoms with Gasteiger partial charge in [-0.2, -0.15) is 16.7 Å². The van der Waals surface area contributed by atoms with Gasteiger partial charge in [0.2, 0.25) is 11.8 Å². The van der Waals surface area contributed by atoms with E-state index in [1.165, 1.54) is 0 Å². The Hall–Kier alpha value is -1.61. The standard InChI is InChI=1S/C9H14N6O2S/c1-5-7(15(16)17)8(13-9(11-5)14-10)12-6-2-3-18-4-6/h6H,2-4,10H2,1H3,(H2,11,12,13,14). The van der Waals surface area contributed by atoms with Crippen LogP contribution >= 0.6 is 11.8 Å². The minimum atomic E-state index is -0.472. The number of nitro groups is 1. The molecular weight excluding hydrogens is 256 g/mol. The zero-order valence-corrected chi connectivity index (χ0v) is 10.7. The monoisotopic (exact) mass is 270 g/mol. The zero-order valence-electron chi connectivity index (χ0n) is 9.84. The Balaban J connectivity index is 2.34. The normalized spacial score (nSPS) is 18.7. The number of hydrogen-bond acceptors (Lipinski definition) is 8. The fraction of sp³-hybridized carbons (Fsp3) is 0.556. The Labute approximate surface area is 108 Å². The minimum Gasteiger partial charge on any atom is -0.361 e. The van der Waals surface area contributed by atoms with E-state index in [4.69, 9.17) is 5.84 Å². The molecule has 1 aromatic heterocycles. The van der Waals surface area contributed by atoms with E-state index >= 15 is 0 Å². The molecule has 0 saturated carbocycles. The van der Waals surface area contributed by atoms with Gasteiger partial charge in [-0.25, -0.2) is 10.8 Å². The van der Waals surface area contributed by atoms with Gasteiger partial charge < -0.3 is 5.32 Å². The van der Waals surface area contributed by atoms with Crippen molar-refractivity contribution in [1.82, 2.24) is 9.97 Å². The van der Waals surface area contributed by atoms with Crippen molar-refractivity contribution >= 4 is 29.2 Å². The average Bonchev–Trinajstić information content (AvgIpc) is 2.80. The summed E-state index contributed by atoms with van der Waals surface area (Å²) in [5.41, 5.74) is 2.51. The van der Waals surface area contributed by atoms with Crippen molar-refractivity contribution in [1.29, 1.82) is 0 Å². The first-order valence-electron chi connectivity index (χ1n) is 5.45. The number of nitrogen functional groups attached to an aromatic ring is 1. The first kappa shape index (κ1) is 12.8. The number of nitrogens with zero attached hydrogens (tertiary/aromatic N) is 3. The van der Waals surface area contributed by atoms with Gasteiger partial charge in [-0.15, -0.1) is 0 Å². The van der Waals surface area contributed by atoms with Gasteiger partial charge in [0.15, 0.2) is 0 Å². The van der Waals surface area contributed by atoms with Crippen molar-refractivity contribution in [3.05, 3.63) is 15.8 Å². The van der Waals surface area contributed by atoms with E-state index < -0.39 is 4.92 Å². The van der Waals surface area contributed by atoms with Gasteiger partial charge in [0.25, 0.3) is 0 Å². The number of thioether (sulfide) groups is 1. The molecule has 98 valence electrons. The van der Waals surface area contributed by atoms with Crippen molar-refractivity contribution in [3.8, 4) is 0 Å². The molecule has 0 aromatic carbocycles. The summed E-state index contributed by atoms with van der Waals surface area (Å²) in [6.07, 6.45) is 0.969. The predicted molar refractivity (Wildman–Crippen MR) is 70.6 cm³/mol. The third-order valence-corrected chi connectivity index (χ3v) is 3.80. The molecule has 9 heteroatoms. The van der Waals surface area contributed by atoms with Gasteiger partial charge in [-0.05, 0) is 19.1 Å². The quantitative estimate of drug-likeness (QED) is 0.419. The average molecular weight is 270 g/mol. The number of aromatic nitrogens is 2. The number of nitrogens with two attached hydrogens (primary N) is 1. The molecule has 0 spiro atoms. The van der Waals surface area contributed by atoms with Crippen LogP contribution in [0.3, 0.4) is 0 Å². The van der Waals surface area contributed by atoms with Crippen LogP contribution in [0.25, 0.3) is 0 Å². The fourth-order valence-corrected chi connectivity index (χ4v) is 2.94. The molecule has 1 unspecified atom stereocenters. The molecule has 4 N–H and O–H groups in total. The second-order valence-electron chi connectivity index (χ2n) is 3.94. The molecule has 0 aliphatic carbocycles. The molecule has 1 aliphatic rings. The van der Waals surface area contributed by atoms with E-state index in [0.29, 0.717) is 0 Å². The molecule has 0 amide bonds. The molecule has 1 aliphatic heterocycles. The maximum atomic E-state index is 11.0. The summed E-state index contributed by atoms with van der Waals surface area (Å²) in [6.45, 7) is 1.56. The van der Waals surface area contributed by atoms with Crippen molar-refractivity contribution in [2.75, 3.05) is 22.2 Å². The summed E-state index contributed by atoms with van der Waals surface area (Å²) in [5, 5.41) is 14.1. The number of anilines is 2. The first-order chi connectivity index (χ1) is 8.61. The lowest BCUT2D eigenvalue weighted by Gasteiger charge is -2.13. The Morgan fingerprint density at radius 2 is 2.33 bits per heavy atom. The Morgan fingerprint density at radius 3 is 2.89 bits per heavy atom. The predicted octanol–water partition coefficient (Wildman–Crippen LogP) is 0.896.